The molecule has 1 aliphatic carbocycles. The van der Waals surface area contributed by atoms with Crippen LogP contribution in [0.2, 0.25) is 0 Å². The Labute approximate surface area is 118 Å². The molecule has 20 heavy (non-hydrogen) atoms. The van der Waals surface area contributed by atoms with Gasteiger partial charge in [0.15, 0.2) is 0 Å². The summed E-state index contributed by atoms with van der Waals surface area (Å²) in [5, 5.41) is 19.6. The summed E-state index contributed by atoms with van der Waals surface area (Å²) in [6.45, 7) is 0.606. The van der Waals surface area contributed by atoms with E-state index in [2.05, 4.69) is 4.98 Å². The molecular weight excluding hydrogens is 254 g/mol. The van der Waals surface area contributed by atoms with Gasteiger partial charge in [0, 0.05) is 18.2 Å². The van der Waals surface area contributed by atoms with Gasteiger partial charge in [-0.3, -0.25) is 0 Å². The first-order valence-corrected chi connectivity index (χ1v) is 7.22. The highest BCUT2D eigenvalue weighted by atomic mass is 16.3. The van der Waals surface area contributed by atoms with Gasteiger partial charge in [-0.05, 0) is 31.0 Å². The van der Waals surface area contributed by atoms with Crippen LogP contribution in [-0.4, -0.2) is 25.9 Å². The summed E-state index contributed by atoms with van der Waals surface area (Å²) in [6.07, 6.45) is 3.92. The third-order valence-corrected chi connectivity index (χ3v) is 4.28. The zero-order valence-corrected chi connectivity index (χ0v) is 11.5. The Bertz CT molecular complexity index is 608. The highest BCUT2D eigenvalue weighted by Crippen LogP contribution is 2.28. The summed E-state index contributed by atoms with van der Waals surface area (Å²) < 4.78 is 2.02. The van der Waals surface area contributed by atoms with E-state index in [1.165, 1.54) is 0 Å². The van der Waals surface area contributed by atoms with Crippen LogP contribution < -0.4 is 5.73 Å². The first-order valence-electron chi connectivity index (χ1n) is 7.22. The van der Waals surface area contributed by atoms with E-state index in [0.29, 0.717) is 18.1 Å². The summed E-state index contributed by atoms with van der Waals surface area (Å²) in [4.78, 5) is 4.43. The standard InChI is InChI=1S/C15H21N3O2/c16-11-5-6-13-12(7-11)17-15(9-19)18(13)8-10-3-1-2-4-14(10)20/h5-7,10,14,19-20H,1-4,8-9,16H2. The summed E-state index contributed by atoms with van der Waals surface area (Å²) in [6, 6.07) is 5.60. The number of fused-ring (bicyclic) bond motifs is 1. The summed E-state index contributed by atoms with van der Waals surface area (Å²) in [7, 11) is 0. The minimum atomic E-state index is -0.249. The first-order chi connectivity index (χ1) is 9.69. The smallest absolute Gasteiger partial charge is 0.135 e. The van der Waals surface area contributed by atoms with Crippen LogP contribution in [0.25, 0.3) is 11.0 Å². The Morgan fingerprint density at radius 3 is 2.85 bits per heavy atom. The maximum Gasteiger partial charge on any atom is 0.135 e. The lowest BCUT2D eigenvalue weighted by molar-refractivity contribution is 0.0602. The summed E-state index contributed by atoms with van der Waals surface area (Å²) in [5.41, 5.74) is 8.23. The molecular formula is C15H21N3O2. The molecule has 0 spiro atoms. The van der Waals surface area contributed by atoms with Gasteiger partial charge in [-0.1, -0.05) is 12.8 Å². The number of aromatic nitrogens is 2. The molecule has 108 valence electrons. The number of hydrogen-bond acceptors (Lipinski definition) is 4. The number of aliphatic hydroxyl groups is 2. The molecule has 0 radical (unpaired) electrons. The predicted molar refractivity (Wildman–Crippen MR) is 78.0 cm³/mol. The van der Waals surface area contributed by atoms with Crippen LogP contribution in [0.1, 0.15) is 31.5 Å². The van der Waals surface area contributed by atoms with Crippen molar-refractivity contribution in [1.29, 1.82) is 0 Å². The van der Waals surface area contributed by atoms with Crippen molar-refractivity contribution in [3.8, 4) is 0 Å². The number of benzene rings is 1. The van der Waals surface area contributed by atoms with Gasteiger partial charge < -0.3 is 20.5 Å². The third kappa shape index (κ3) is 2.39. The van der Waals surface area contributed by atoms with Gasteiger partial charge in [0.2, 0.25) is 0 Å². The second kappa shape index (κ2) is 5.42. The third-order valence-electron chi connectivity index (χ3n) is 4.28. The fourth-order valence-electron chi connectivity index (χ4n) is 3.16. The highest BCUT2D eigenvalue weighted by Gasteiger charge is 2.25. The van der Waals surface area contributed by atoms with Gasteiger partial charge in [-0.25, -0.2) is 4.98 Å². The molecule has 1 heterocycles. The SMILES string of the molecule is Nc1ccc2c(c1)nc(CO)n2CC1CCCCC1O. The lowest BCUT2D eigenvalue weighted by atomic mass is 9.86. The number of nitrogen functional groups attached to an aromatic ring is 1. The maximum atomic E-state index is 10.1. The number of nitrogens with two attached hydrogens (primary N) is 1. The molecule has 0 aliphatic heterocycles. The average molecular weight is 275 g/mol. The molecule has 1 fully saturated rings. The highest BCUT2D eigenvalue weighted by molar-refractivity contribution is 5.79. The van der Waals surface area contributed by atoms with E-state index >= 15 is 0 Å². The van der Waals surface area contributed by atoms with Crippen LogP contribution in [0, 0.1) is 5.92 Å². The minimum Gasteiger partial charge on any atom is -0.399 e. The summed E-state index contributed by atoms with van der Waals surface area (Å²) in [5.74, 6) is 0.882. The molecule has 5 heteroatoms. The Kier molecular flexibility index (Phi) is 3.63. The van der Waals surface area contributed by atoms with Crippen molar-refractivity contribution in [3.63, 3.8) is 0 Å². The van der Waals surface area contributed by atoms with Crippen LogP contribution in [0.4, 0.5) is 5.69 Å². The molecule has 4 N–H and O–H groups in total. The Morgan fingerprint density at radius 1 is 1.30 bits per heavy atom. The molecule has 0 saturated heterocycles. The Balaban J connectivity index is 1.96. The molecule has 2 unspecified atom stereocenters. The average Bonchev–Trinajstić information content (AvgIpc) is 2.78. The van der Waals surface area contributed by atoms with Crippen molar-refractivity contribution in [2.45, 2.75) is 44.9 Å². The quantitative estimate of drug-likeness (QED) is 0.744. The van der Waals surface area contributed by atoms with Gasteiger partial charge in [0.25, 0.3) is 0 Å². The Hall–Kier alpha value is -1.59. The molecule has 2 aromatic rings. The number of rotatable bonds is 3. The van der Waals surface area contributed by atoms with Crippen LogP contribution in [0.5, 0.6) is 0 Å². The maximum absolute atomic E-state index is 10.1. The first kappa shape index (κ1) is 13.4. The zero-order valence-electron chi connectivity index (χ0n) is 11.5. The number of nitrogens with zero attached hydrogens (tertiary/aromatic N) is 2. The van der Waals surface area contributed by atoms with Crippen molar-refractivity contribution in [1.82, 2.24) is 9.55 Å². The number of hydrogen-bond donors (Lipinski definition) is 3. The Morgan fingerprint density at radius 2 is 2.10 bits per heavy atom. The van der Waals surface area contributed by atoms with Crippen molar-refractivity contribution in [2.75, 3.05) is 5.73 Å². The van der Waals surface area contributed by atoms with Gasteiger partial charge >= 0.3 is 0 Å². The molecule has 5 nitrogen and oxygen atoms in total. The van der Waals surface area contributed by atoms with Crippen LogP contribution in [-0.2, 0) is 13.2 Å². The normalized spacial score (nSPS) is 23.3. The van der Waals surface area contributed by atoms with Crippen molar-refractivity contribution >= 4 is 16.7 Å². The van der Waals surface area contributed by atoms with Gasteiger partial charge in [-0.2, -0.15) is 0 Å². The molecule has 1 saturated carbocycles. The van der Waals surface area contributed by atoms with E-state index in [1.807, 2.05) is 22.8 Å². The second-order valence-electron chi connectivity index (χ2n) is 5.66. The fourth-order valence-corrected chi connectivity index (χ4v) is 3.16. The van der Waals surface area contributed by atoms with Crippen molar-refractivity contribution in [2.24, 2.45) is 5.92 Å². The van der Waals surface area contributed by atoms with E-state index in [4.69, 9.17) is 5.73 Å². The lowest BCUT2D eigenvalue weighted by Crippen LogP contribution is -2.28. The monoisotopic (exact) mass is 275 g/mol. The van der Waals surface area contributed by atoms with E-state index in [-0.39, 0.29) is 18.6 Å². The molecule has 2 atom stereocenters. The van der Waals surface area contributed by atoms with Gasteiger partial charge in [-0.15, -0.1) is 0 Å². The fraction of sp³-hybridized carbons (Fsp3) is 0.533. The molecule has 1 aliphatic rings. The lowest BCUT2D eigenvalue weighted by Gasteiger charge is -2.28. The minimum absolute atomic E-state index is 0.0998. The predicted octanol–water partition coefficient (Wildman–Crippen LogP) is 1.66. The number of anilines is 1. The van der Waals surface area contributed by atoms with Crippen LogP contribution in [0.3, 0.4) is 0 Å². The van der Waals surface area contributed by atoms with Gasteiger partial charge in [0.1, 0.15) is 12.4 Å². The zero-order chi connectivity index (χ0) is 14.1. The summed E-state index contributed by atoms with van der Waals surface area (Å²) >= 11 is 0. The van der Waals surface area contributed by atoms with E-state index in [9.17, 15) is 10.2 Å². The van der Waals surface area contributed by atoms with E-state index in [0.717, 1.165) is 36.7 Å². The topological polar surface area (TPSA) is 84.3 Å². The van der Waals surface area contributed by atoms with Gasteiger partial charge in [0.05, 0.1) is 17.1 Å². The molecule has 1 aromatic heterocycles. The largest absolute Gasteiger partial charge is 0.399 e. The molecule has 1 aromatic carbocycles. The van der Waals surface area contributed by atoms with E-state index in [1.54, 1.807) is 0 Å². The van der Waals surface area contributed by atoms with Crippen molar-refractivity contribution < 1.29 is 10.2 Å². The molecule has 3 rings (SSSR count). The van der Waals surface area contributed by atoms with Crippen LogP contribution >= 0.6 is 0 Å². The van der Waals surface area contributed by atoms with Crippen molar-refractivity contribution in [3.05, 3.63) is 24.0 Å². The second-order valence-corrected chi connectivity index (χ2v) is 5.66. The van der Waals surface area contributed by atoms with Crippen LogP contribution in [0.15, 0.2) is 18.2 Å². The molecule has 0 amide bonds. The number of aliphatic hydroxyl groups excluding tert-OH is 2. The van der Waals surface area contributed by atoms with E-state index < -0.39 is 0 Å². The molecule has 0 bridgehead atoms. The number of imidazole rings is 1.